The van der Waals surface area contributed by atoms with E-state index in [1.165, 1.54) is 35.6 Å². The van der Waals surface area contributed by atoms with Gasteiger partial charge in [0.25, 0.3) is 5.91 Å². The number of sulfonamides is 1. The molecule has 184 valence electrons. The van der Waals surface area contributed by atoms with Crippen molar-refractivity contribution in [3.63, 3.8) is 0 Å². The molecule has 0 radical (unpaired) electrons. The summed E-state index contributed by atoms with van der Waals surface area (Å²) in [5, 5.41) is 2.75. The van der Waals surface area contributed by atoms with E-state index in [9.17, 15) is 13.2 Å². The lowest BCUT2D eigenvalue weighted by atomic mass is 10.2. The van der Waals surface area contributed by atoms with Crippen LogP contribution in [0.5, 0.6) is 17.2 Å². The summed E-state index contributed by atoms with van der Waals surface area (Å²) < 4.78 is 38.3. The lowest BCUT2D eigenvalue weighted by Crippen LogP contribution is -2.26. The third-order valence-corrected chi connectivity index (χ3v) is 7.08. The maximum absolute atomic E-state index is 12.9. The molecule has 0 spiro atoms. The van der Waals surface area contributed by atoms with Gasteiger partial charge < -0.3 is 14.8 Å². The molecule has 4 aromatic carbocycles. The van der Waals surface area contributed by atoms with E-state index < -0.39 is 10.0 Å². The Labute approximate surface area is 211 Å². The van der Waals surface area contributed by atoms with Crippen LogP contribution in [-0.4, -0.2) is 32.3 Å². The van der Waals surface area contributed by atoms with Crippen molar-refractivity contribution in [1.29, 1.82) is 0 Å². The highest BCUT2D eigenvalue weighted by atomic mass is 32.2. The Kier molecular flexibility index (Phi) is 7.99. The second-order valence-corrected chi connectivity index (χ2v) is 10.0. The zero-order valence-electron chi connectivity index (χ0n) is 19.7. The third-order valence-electron chi connectivity index (χ3n) is 5.27. The minimum absolute atomic E-state index is 0.149. The molecule has 1 N–H and O–H groups in total. The molecule has 0 heterocycles. The first-order valence-corrected chi connectivity index (χ1v) is 12.7. The Bertz CT molecular complexity index is 1380. The summed E-state index contributed by atoms with van der Waals surface area (Å²) in [7, 11) is -2.12. The average molecular weight is 503 g/mol. The number of ether oxygens (including phenoxy) is 2. The lowest BCUT2D eigenvalue weighted by Gasteiger charge is -2.17. The summed E-state index contributed by atoms with van der Waals surface area (Å²) in [6.45, 7) is 0.0449. The monoisotopic (exact) mass is 502 g/mol. The van der Waals surface area contributed by atoms with E-state index in [2.05, 4.69) is 5.32 Å². The molecule has 0 saturated heterocycles. The third kappa shape index (κ3) is 6.71. The number of anilines is 1. The van der Waals surface area contributed by atoms with Gasteiger partial charge in [0.05, 0.1) is 4.90 Å². The van der Waals surface area contributed by atoms with Gasteiger partial charge in [-0.25, -0.2) is 8.42 Å². The lowest BCUT2D eigenvalue weighted by molar-refractivity contribution is -0.118. The Hall–Kier alpha value is -4.14. The number of carbonyl (C=O) groups excluding carboxylic acids is 1. The number of nitrogens with zero attached hydrogens (tertiary/aromatic N) is 1. The molecule has 0 aliphatic carbocycles. The van der Waals surface area contributed by atoms with Gasteiger partial charge >= 0.3 is 0 Å². The molecular weight excluding hydrogens is 476 g/mol. The van der Waals surface area contributed by atoms with Crippen molar-refractivity contribution in [2.75, 3.05) is 19.0 Å². The standard InChI is InChI=1S/C28H26N2O5S/c1-30(20-22-8-4-2-5-9-22)36(32,33)27-18-16-24(17-19-27)34-21-28(31)29-23-12-14-26(15-13-23)35-25-10-6-3-7-11-25/h2-19H,20-21H2,1H3,(H,29,31). The second kappa shape index (κ2) is 11.5. The van der Waals surface area contributed by atoms with Crippen LogP contribution < -0.4 is 14.8 Å². The van der Waals surface area contributed by atoms with Crippen molar-refractivity contribution in [2.45, 2.75) is 11.4 Å². The van der Waals surface area contributed by atoms with Gasteiger partial charge in [-0.15, -0.1) is 0 Å². The summed E-state index contributed by atoms with van der Waals surface area (Å²) in [4.78, 5) is 12.4. The van der Waals surface area contributed by atoms with E-state index in [0.29, 0.717) is 17.2 Å². The zero-order chi connectivity index (χ0) is 25.4. The van der Waals surface area contributed by atoms with Gasteiger partial charge in [0, 0.05) is 19.3 Å². The molecule has 0 atom stereocenters. The Morgan fingerprint density at radius 2 is 1.31 bits per heavy atom. The van der Waals surface area contributed by atoms with E-state index in [4.69, 9.17) is 9.47 Å². The number of nitrogens with one attached hydrogen (secondary N) is 1. The van der Waals surface area contributed by atoms with Crippen LogP contribution in [0.25, 0.3) is 0 Å². The molecule has 0 bridgehead atoms. The first-order chi connectivity index (χ1) is 17.4. The fraction of sp³-hybridized carbons (Fsp3) is 0.107. The van der Waals surface area contributed by atoms with Crippen LogP contribution in [0.2, 0.25) is 0 Å². The number of para-hydroxylation sites is 1. The molecule has 0 aromatic heterocycles. The molecule has 36 heavy (non-hydrogen) atoms. The van der Waals surface area contributed by atoms with Crippen molar-refractivity contribution in [3.8, 4) is 17.2 Å². The zero-order valence-corrected chi connectivity index (χ0v) is 20.5. The Morgan fingerprint density at radius 1 is 0.750 bits per heavy atom. The average Bonchev–Trinajstić information content (AvgIpc) is 2.90. The topological polar surface area (TPSA) is 84.9 Å². The smallest absolute Gasteiger partial charge is 0.262 e. The van der Waals surface area contributed by atoms with E-state index in [1.807, 2.05) is 60.7 Å². The Balaban J connectivity index is 1.27. The maximum atomic E-state index is 12.9. The molecule has 0 aliphatic rings. The van der Waals surface area contributed by atoms with Crippen molar-refractivity contribution in [3.05, 3.63) is 115 Å². The number of benzene rings is 4. The Morgan fingerprint density at radius 3 is 1.94 bits per heavy atom. The summed E-state index contributed by atoms with van der Waals surface area (Å²) in [6.07, 6.45) is 0. The van der Waals surface area contributed by atoms with Crippen LogP contribution in [0.4, 0.5) is 5.69 Å². The van der Waals surface area contributed by atoms with Crippen molar-refractivity contribution in [2.24, 2.45) is 0 Å². The summed E-state index contributed by atoms with van der Waals surface area (Å²) >= 11 is 0. The molecular formula is C28H26N2O5S. The van der Waals surface area contributed by atoms with Gasteiger partial charge in [0.2, 0.25) is 10.0 Å². The van der Waals surface area contributed by atoms with Gasteiger partial charge in [-0.3, -0.25) is 4.79 Å². The highest BCUT2D eigenvalue weighted by molar-refractivity contribution is 7.89. The van der Waals surface area contributed by atoms with Gasteiger partial charge in [-0.1, -0.05) is 48.5 Å². The van der Waals surface area contributed by atoms with Crippen LogP contribution in [-0.2, 0) is 21.4 Å². The van der Waals surface area contributed by atoms with Crippen molar-refractivity contribution in [1.82, 2.24) is 4.31 Å². The minimum Gasteiger partial charge on any atom is -0.484 e. The van der Waals surface area contributed by atoms with Gasteiger partial charge in [0.1, 0.15) is 17.2 Å². The quantitative estimate of drug-likeness (QED) is 0.317. The van der Waals surface area contributed by atoms with E-state index >= 15 is 0 Å². The molecule has 4 rings (SSSR count). The minimum atomic E-state index is -3.66. The predicted octanol–water partition coefficient (Wildman–Crippen LogP) is 5.32. The predicted molar refractivity (Wildman–Crippen MR) is 139 cm³/mol. The SMILES string of the molecule is CN(Cc1ccccc1)S(=O)(=O)c1ccc(OCC(=O)Nc2ccc(Oc3ccccc3)cc2)cc1. The molecule has 1 amide bonds. The fourth-order valence-corrected chi connectivity index (χ4v) is 4.55. The molecule has 0 saturated carbocycles. The van der Waals surface area contributed by atoms with Gasteiger partial charge in [-0.2, -0.15) is 4.31 Å². The summed E-state index contributed by atoms with van der Waals surface area (Å²) in [6, 6.07) is 31.8. The molecule has 4 aromatic rings. The number of hydrogen-bond acceptors (Lipinski definition) is 5. The fourth-order valence-electron chi connectivity index (χ4n) is 3.39. The van der Waals surface area contributed by atoms with Crippen LogP contribution >= 0.6 is 0 Å². The number of carbonyl (C=O) groups is 1. The molecule has 0 unspecified atom stereocenters. The van der Waals surface area contributed by atoms with Crippen molar-refractivity contribution >= 4 is 21.6 Å². The van der Waals surface area contributed by atoms with Crippen molar-refractivity contribution < 1.29 is 22.7 Å². The molecule has 7 nitrogen and oxygen atoms in total. The highest BCUT2D eigenvalue weighted by Gasteiger charge is 2.21. The van der Waals surface area contributed by atoms with E-state index in [1.54, 1.807) is 24.3 Å². The van der Waals surface area contributed by atoms with Gasteiger partial charge in [-0.05, 0) is 66.2 Å². The van der Waals surface area contributed by atoms with Crippen LogP contribution in [0.1, 0.15) is 5.56 Å². The normalized spacial score (nSPS) is 11.2. The maximum Gasteiger partial charge on any atom is 0.262 e. The molecule has 0 aliphatic heterocycles. The number of amides is 1. The first kappa shape index (κ1) is 25.0. The molecule has 0 fully saturated rings. The van der Waals surface area contributed by atoms with Crippen LogP contribution in [0.3, 0.4) is 0 Å². The van der Waals surface area contributed by atoms with Crippen LogP contribution in [0.15, 0.2) is 114 Å². The number of rotatable bonds is 10. The highest BCUT2D eigenvalue weighted by Crippen LogP contribution is 2.23. The molecule has 8 heteroatoms. The number of hydrogen-bond donors (Lipinski definition) is 1. The van der Waals surface area contributed by atoms with E-state index in [0.717, 1.165) is 11.3 Å². The van der Waals surface area contributed by atoms with E-state index in [-0.39, 0.29) is 24.0 Å². The van der Waals surface area contributed by atoms with Gasteiger partial charge in [0.15, 0.2) is 6.61 Å². The summed E-state index contributed by atoms with van der Waals surface area (Å²) in [5.74, 6) is 1.43. The van der Waals surface area contributed by atoms with Crippen LogP contribution in [0, 0.1) is 0 Å². The largest absolute Gasteiger partial charge is 0.484 e. The first-order valence-electron chi connectivity index (χ1n) is 11.3. The summed E-state index contributed by atoms with van der Waals surface area (Å²) in [5.41, 5.74) is 1.50. The second-order valence-electron chi connectivity index (χ2n) is 7.99.